The number of carbonyl (C=O) groups is 2. The lowest BCUT2D eigenvalue weighted by Crippen LogP contribution is -2.20. The Morgan fingerprint density at radius 3 is 2.39 bits per heavy atom. The summed E-state index contributed by atoms with van der Waals surface area (Å²) in [7, 11) is 0. The third-order valence-electron chi connectivity index (χ3n) is 3.33. The molecule has 0 aromatic heterocycles. The summed E-state index contributed by atoms with van der Waals surface area (Å²) in [5, 5.41) is 3.35. The molecule has 23 heavy (non-hydrogen) atoms. The molecule has 2 aromatic carbocycles. The molecule has 2 rings (SSSR count). The third-order valence-corrected chi connectivity index (χ3v) is 3.54. The molecule has 0 atom stereocenters. The fraction of sp³-hybridized carbons (Fsp3) is 0.222. The number of aryl methyl sites for hydroxylation is 2. The molecule has 0 spiro atoms. The standard InChI is InChI=1S/C18H18ClNO3/c1-11-7-15(19)8-12(2)18(11)23-10-17(22)20-16-6-4-5-14(9-16)13(3)21/h4-9H,10H2,1-3H3,(H,20,22). The van der Waals surface area contributed by atoms with E-state index in [1.807, 2.05) is 13.8 Å². The van der Waals surface area contributed by atoms with Crippen LogP contribution in [-0.2, 0) is 4.79 Å². The van der Waals surface area contributed by atoms with Crippen molar-refractivity contribution in [3.8, 4) is 5.75 Å². The molecule has 1 N–H and O–H groups in total. The first kappa shape index (κ1) is 17.0. The number of Topliss-reactive ketones (excluding diaryl/α,β-unsaturated/α-hetero) is 1. The first-order valence-corrected chi connectivity index (χ1v) is 7.55. The number of ketones is 1. The Labute approximate surface area is 140 Å². The number of halogens is 1. The molecule has 4 nitrogen and oxygen atoms in total. The van der Waals surface area contributed by atoms with Gasteiger partial charge in [0, 0.05) is 16.3 Å². The van der Waals surface area contributed by atoms with Gasteiger partial charge in [0.15, 0.2) is 12.4 Å². The van der Waals surface area contributed by atoms with Gasteiger partial charge in [-0.15, -0.1) is 0 Å². The van der Waals surface area contributed by atoms with Gasteiger partial charge in [0.05, 0.1) is 0 Å². The van der Waals surface area contributed by atoms with E-state index in [0.717, 1.165) is 11.1 Å². The van der Waals surface area contributed by atoms with Gasteiger partial charge in [0.25, 0.3) is 5.91 Å². The van der Waals surface area contributed by atoms with Crippen LogP contribution < -0.4 is 10.1 Å². The number of hydrogen-bond acceptors (Lipinski definition) is 3. The summed E-state index contributed by atoms with van der Waals surface area (Å²) in [6, 6.07) is 10.4. The second-order valence-electron chi connectivity index (χ2n) is 5.34. The van der Waals surface area contributed by atoms with Crippen molar-refractivity contribution in [2.24, 2.45) is 0 Å². The van der Waals surface area contributed by atoms with E-state index in [0.29, 0.717) is 22.0 Å². The van der Waals surface area contributed by atoms with E-state index < -0.39 is 0 Å². The van der Waals surface area contributed by atoms with Crippen molar-refractivity contribution < 1.29 is 14.3 Å². The Kier molecular flexibility index (Phi) is 5.40. The summed E-state index contributed by atoms with van der Waals surface area (Å²) in [4.78, 5) is 23.4. The van der Waals surface area contributed by atoms with Crippen LogP contribution in [0, 0.1) is 13.8 Å². The van der Waals surface area contributed by atoms with Gasteiger partial charge < -0.3 is 10.1 Å². The van der Waals surface area contributed by atoms with Crippen molar-refractivity contribution >= 4 is 29.0 Å². The molecule has 0 heterocycles. The van der Waals surface area contributed by atoms with E-state index in [4.69, 9.17) is 16.3 Å². The molecule has 0 aliphatic heterocycles. The zero-order chi connectivity index (χ0) is 17.0. The number of hydrogen-bond donors (Lipinski definition) is 1. The lowest BCUT2D eigenvalue weighted by atomic mass is 10.1. The highest BCUT2D eigenvalue weighted by Crippen LogP contribution is 2.27. The predicted octanol–water partition coefficient (Wildman–Crippen LogP) is 4.18. The summed E-state index contributed by atoms with van der Waals surface area (Å²) in [5.41, 5.74) is 2.87. The highest BCUT2D eigenvalue weighted by atomic mass is 35.5. The van der Waals surface area contributed by atoms with Crippen molar-refractivity contribution in [1.82, 2.24) is 0 Å². The van der Waals surface area contributed by atoms with Gasteiger partial charge in [-0.1, -0.05) is 23.7 Å². The summed E-state index contributed by atoms with van der Waals surface area (Å²) < 4.78 is 5.60. The minimum absolute atomic E-state index is 0.0511. The maximum Gasteiger partial charge on any atom is 0.262 e. The largest absolute Gasteiger partial charge is 0.483 e. The normalized spacial score (nSPS) is 10.3. The van der Waals surface area contributed by atoms with Crippen LogP contribution in [0.1, 0.15) is 28.4 Å². The average molecular weight is 332 g/mol. The Hall–Kier alpha value is -2.33. The van der Waals surface area contributed by atoms with Crippen LogP contribution in [-0.4, -0.2) is 18.3 Å². The topological polar surface area (TPSA) is 55.4 Å². The minimum Gasteiger partial charge on any atom is -0.483 e. The molecule has 0 fully saturated rings. The van der Waals surface area contributed by atoms with E-state index in [9.17, 15) is 9.59 Å². The fourth-order valence-electron chi connectivity index (χ4n) is 2.28. The Morgan fingerprint density at radius 1 is 1.13 bits per heavy atom. The molecule has 0 saturated carbocycles. The van der Waals surface area contributed by atoms with Crippen molar-refractivity contribution in [3.63, 3.8) is 0 Å². The third kappa shape index (κ3) is 4.57. The number of anilines is 1. The molecule has 0 unspecified atom stereocenters. The van der Waals surface area contributed by atoms with E-state index >= 15 is 0 Å². The van der Waals surface area contributed by atoms with Crippen LogP contribution in [0.4, 0.5) is 5.69 Å². The van der Waals surface area contributed by atoms with Crippen LogP contribution in [0.2, 0.25) is 5.02 Å². The number of carbonyl (C=O) groups excluding carboxylic acids is 2. The molecular formula is C18H18ClNO3. The lowest BCUT2D eigenvalue weighted by Gasteiger charge is -2.13. The molecule has 120 valence electrons. The zero-order valence-corrected chi connectivity index (χ0v) is 14.0. The highest BCUT2D eigenvalue weighted by molar-refractivity contribution is 6.30. The van der Waals surface area contributed by atoms with Gasteiger partial charge in [-0.2, -0.15) is 0 Å². The van der Waals surface area contributed by atoms with Gasteiger partial charge in [-0.05, 0) is 56.2 Å². The number of rotatable bonds is 5. The van der Waals surface area contributed by atoms with E-state index in [1.54, 1.807) is 36.4 Å². The van der Waals surface area contributed by atoms with E-state index in [2.05, 4.69) is 5.32 Å². The van der Waals surface area contributed by atoms with Crippen LogP contribution in [0.25, 0.3) is 0 Å². The Bertz CT molecular complexity index is 733. The molecule has 0 bridgehead atoms. The minimum atomic E-state index is -0.292. The number of nitrogens with one attached hydrogen (secondary N) is 1. The summed E-state index contributed by atoms with van der Waals surface area (Å²) >= 11 is 5.97. The average Bonchev–Trinajstić information content (AvgIpc) is 2.46. The molecule has 0 saturated heterocycles. The van der Waals surface area contributed by atoms with Gasteiger partial charge in [-0.25, -0.2) is 0 Å². The maximum atomic E-state index is 12.0. The summed E-state index contributed by atoms with van der Waals surface area (Å²) in [6.45, 7) is 5.12. The van der Waals surface area contributed by atoms with Gasteiger partial charge in [-0.3, -0.25) is 9.59 Å². The van der Waals surface area contributed by atoms with E-state index in [-0.39, 0.29) is 18.3 Å². The second-order valence-corrected chi connectivity index (χ2v) is 5.78. The van der Waals surface area contributed by atoms with Crippen LogP contribution in [0.15, 0.2) is 36.4 Å². The van der Waals surface area contributed by atoms with Crippen molar-refractivity contribution in [1.29, 1.82) is 0 Å². The maximum absolute atomic E-state index is 12.0. The van der Waals surface area contributed by atoms with Crippen molar-refractivity contribution in [2.45, 2.75) is 20.8 Å². The monoisotopic (exact) mass is 331 g/mol. The highest BCUT2D eigenvalue weighted by Gasteiger charge is 2.10. The molecule has 0 aliphatic carbocycles. The fourth-order valence-corrected chi connectivity index (χ4v) is 2.60. The first-order valence-electron chi connectivity index (χ1n) is 7.17. The van der Waals surface area contributed by atoms with Crippen molar-refractivity contribution in [2.75, 3.05) is 11.9 Å². The molecular weight excluding hydrogens is 314 g/mol. The molecule has 0 aliphatic rings. The Balaban J connectivity index is 2.01. The van der Waals surface area contributed by atoms with Crippen LogP contribution >= 0.6 is 11.6 Å². The van der Waals surface area contributed by atoms with Crippen LogP contribution in [0.3, 0.4) is 0 Å². The first-order chi connectivity index (χ1) is 10.9. The smallest absolute Gasteiger partial charge is 0.262 e. The number of amides is 1. The quantitative estimate of drug-likeness (QED) is 0.836. The molecule has 1 amide bonds. The Morgan fingerprint density at radius 2 is 1.78 bits per heavy atom. The number of benzene rings is 2. The molecule has 2 aromatic rings. The predicted molar refractivity (Wildman–Crippen MR) is 91.5 cm³/mol. The lowest BCUT2D eigenvalue weighted by molar-refractivity contribution is -0.118. The second kappa shape index (κ2) is 7.29. The van der Waals surface area contributed by atoms with E-state index in [1.165, 1.54) is 6.92 Å². The zero-order valence-electron chi connectivity index (χ0n) is 13.3. The van der Waals surface area contributed by atoms with Gasteiger partial charge in [0.2, 0.25) is 0 Å². The van der Waals surface area contributed by atoms with Gasteiger partial charge >= 0.3 is 0 Å². The van der Waals surface area contributed by atoms with Gasteiger partial charge in [0.1, 0.15) is 5.75 Å². The molecule has 5 heteroatoms. The SMILES string of the molecule is CC(=O)c1cccc(NC(=O)COc2c(C)cc(Cl)cc2C)c1. The summed E-state index contributed by atoms with van der Waals surface area (Å²) in [6.07, 6.45) is 0. The molecule has 0 radical (unpaired) electrons. The number of ether oxygens (including phenoxy) is 1. The summed E-state index contributed by atoms with van der Waals surface area (Å²) in [5.74, 6) is 0.311. The van der Waals surface area contributed by atoms with Crippen LogP contribution in [0.5, 0.6) is 5.75 Å². The van der Waals surface area contributed by atoms with Crippen molar-refractivity contribution in [3.05, 3.63) is 58.1 Å².